The van der Waals surface area contributed by atoms with E-state index in [-0.39, 0.29) is 6.10 Å². The van der Waals surface area contributed by atoms with Crippen LogP contribution in [-0.4, -0.2) is 46.3 Å². The monoisotopic (exact) mass is 349 g/mol. The summed E-state index contributed by atoms with van der Waals surface area (Å²) in [6, 6.07) is 12.2. The van der Waals surface area contributed by atoms with Gasteiger partial charge in [-0.1, -0.05) is 18.2 Å². The molecule has 6 nitrogen and oxygen atoms in total. The summed E-state index contributed by atoms with van der Waals surface area (Å²) in [5, 5.41) is 11.0. The number of anilines is 2. The SMILES string of the molecule is CN(Cc1cnc2ccccc2c1)c1nccc(N2CCCC(O)C2)n1. The van der Waals surface area contributed by atoms with Gasteiger partial charge in [0.15, 0.2) is 0 Å². The van der Waals surface area contributed by atoms with Crippen molar-refractivity contribution in [3.8, 4) is 0 Å². The van der Waals surface area contributed by atoms with Crippen molar-refractivity contribution < 1.29 is 5.11 Å². The number of aliphatic hydroxyl groups excluding tert-OH is 1. The second-order valence-electron chi connectivity index (χ2n) is 6.85. The average Bonchev–Trinajstić information content (AvgIpc) is 2.68. The van der Waals surface area contributed by atoms with Crippen molar-refractivity contribution in [1.82, 2.24) is 15.0 Å². The lowest BCUT2D eigenvalue weighted by atomic mass is 10.1. The number of hydrogen-bond acceptors (Lipinski definition) is 6. The normalized spacial score (nSPS) is 17.5. The van der Waals surface area contributed by atoms with Crippen LogP contribution in [0.4, 0.5) is 11.8 Å². The Morgan fingerprint density at radius 2 is 2.12 bits per heavy atom. The molecule has 1 aliphatic rings. The molecule has 1 unspecified atom stereocenters. The first-order chi connectivity index (χ1) is 12.7. The summed E-state index contributed by atoms with van der Waals surface area (Å²) >= 11 is 0. The molecular weight excluding hydrogens is 326 g/mol. The highest BCUT2D eigenvalue weighted by atomic mass is 16.3. The number of nitrogens with zero attached hydrogens (tertiary/aromatic N) is 5. The van der Waals surface area contributed by atoms with Crippen molar-refractivity contribution in [1.29, 1.82) is 0 Å². The zero-order valence-corrected chi connectivity index (χ0v) is 14.9. The number of β-amino-alcohol motifs (C(OH)–C–C–N with tert-alkyl or cyclic N) is 1. The predicted octanol–water partition coefficient (Wildman–Crippen LogP) is 2.62. The number of aromatic nitrogens is 3. The van der Waals surface area contributed by atoms with Crippen LogP contribution in [0.25, 0.3) is 10.9 Å². The Kier molecular flexibility index (Phi) is 4.67. The maximum atomic E-state index is 9.90. The zero-order valence-electron chi connectivity index (χ0n) is 14.9. The third kappa shape index (κ3) is 3.60. The van der Waals surface area contributed by atoms with Crippen LogP contribution in [0.1, 0.15) is 18.4 Å². The molecule has 1 atom stereocenters. The molecule has 0 radical (unpaired) electrons. The molecule has 0 amide bonds. The van der Waals surface area contributed by atoms with Crippen LogP contribution in [0.15, 0.2) is 48.8 Å². The number of benzene rings is 1. The molecule has 1 N–H and O–H groups in total. The summed E-state index contributed by atoms with van der Waals surface area (Å²) in [7, 11) is 1.99. The van der Waals surface area contributed by atoms with Gasteiger partial charge in [-0.15, -0.1) is 0 Å². The molecule has 0 spiro atoms. The average molecular weight is 349 g/mol. The molecule has 1 aliphatic heterocycles. The Hall–Kier alpha value is -2.73. The summed E-state index contributed by atoms with van der Waals surface area (Å²) in [6.45, 7) is 2.24. The highest BCUT2D eigenvalue weighted by Crippen LogP contribution is 2.21. The molecular formula is C20H23N5O. The second-order valence-corrected chi connectivity index (χ2v) is 6.85. The van der Waals surface area contributed by atoms with Crippen molar-refractivity contribution in [3.63, 3.8) is 0 Å². The number of fused-ring (bicyclic) bond motifs is 1. The molecule has 0 saturated carbocycles. The van der Waals surface area contributed by atoms with Crippen molar-refractivity contribution in [2.75, 3.05) is 29.9 Å². The van der Waals surface area contributed by atoms with E-state index in [1.165, 1.54) is 0 Å². The minimum atomic E-state index is -0.274. The van der Waals surface area contributed by atoms with Crippen LogP contribution < -0.4 is 9.80 Å². The van der Waals surface area contributed by atoms with E-state index < -0.39 is 0 Å². The van der Waals surface area contributed by atoms with E-state index in [0.717, 1.165) is 41.7 Å². The van der Waals surface area contributed by atoms with E-state index in [1.807, 2.05) is 42.4 Å². The Bertz CT molecular complexity index is 900. The maximum Gasteiger partial charge on any atom is 0.227 e. The van der Waals surface area contributed by atoms with Crippen LogP contribution in [0.5, 0.6) is 0 Å². The molecule has 3 heterocycles. The summed E-state index contributed by atoms with van der Waals surface area (Å²) in [5.74, 6) is 1.55. The molecule has 1 aromatic carbocycles. The number of pyridine rings is 1. The molecule has 0 aliphatic carbocycles. The van der Waals surface area contributed by atoms with Gasteiger partial charge in [-0.25, -0.2) is 4.98 Å². The quantitative estimate of drug-likeness (QED) is 0.781. The van der Waals surface area contributed by atoms with Gasteiger partial charge in [0, 0.05) is 44.5 Å². The third-order valence-electron chi connectivity index (χ3n) is 4.76. The summed E-state index contributed by atoms with van der Waals surface area (Å²) < 4.78 is 0. The lowest BCUT2D eigenvalue weighted by Gasteiger charge is -2.31. The largest absolute Gasteiger partial charge is 0.391 e. The van der Waals surface area contributed by atoms with E-state index >= 15 is 0 Å². The summed E-state index contributed by atoms with van der Waals surface area (Å²) in [5.41, 5.74) is 2.12. The molecule has 6 heteroatoms. The standard InChI is InChI=1S/C20H23N5O/c1-24(13-15-11-16-5-2-3-7-18(16)22-12-15)20-21-9-8-19(23-20)25-10-4-6-17(26)14-25/h2-3,5,7-9,11-12,17,26H,4,6,10,13-14H2,1H3. The van der Waals surface area contributed by atoms with Gasteiger partial charge in [0.1, 0.15) is 5.82 Å². The third-order valence-corrected chi connectivity index (χ3v) is 4.76. The first kappa shape index (κ1) is 16.7. The number of aliphatic hydroxyl groups is 1. The number of hydrogen-bond donors (Lipinski definition) is 1. The van der Waals surface area contributed by atoms with Gasteiger partial charge in [-0.05, 0) is 36.6 Å². The predicted molar refractivity (Wildman–Crippen MR) is 103 cm³/mol. The van der Waals surface area contributed by atoms with E-state index in [1.54, 1.807) is 6.20 Å². The Labute approximate surface area is 153 Å². The lowest BCUT2D eigenvalue weighted by molar-refractivity contribution is 0.154. The van der Waals surface area contributed by atoms with Crippen LogP contribution in [0.3, 0.4) is 0 Å². The van der Waals surface area contributed by atoms with E-state index in [4.69, 9.17) is 4.98 Å². The van der Waals surface area contributed by atoms with Gasteiger partial charge in [0.05, 0.1) is 11.6 Å². The minimum Gasteiger partial charge on any atom is -0.391 e. The lowest BCUT2D eigenvalue weighted by Crippen LogP contribution is -2.38. The van der Waals surface area contributed by atoms with Crippen molar-refractivity contribution in [2.45, 2.75) is 25.5 Å². The minimum absolute atomic E-state index is 0.274. The van der Waals surface area contributed by atoms with Gasteiger partial charge < -0.3 is 14.9 Å². The number of rotatable bonds is 4. The first-order valence-electron chi connectivity index (χ1n) is 9.00. The van der Waals surface area contributed by atoms with Gasteiger partial charge >= 0.3 is 0 Å². The fourth-order valence-corrected chi connectivity index (χ4v) is 3.41. The van der Waals surface area contributed by atoms with Crippen LogP contribution in [0.2, 0.25) is 0 Å². The van der Waals surface area contributed by atoms with E-state index in [9.17, 15) is 5.11 Å². The molecule has 2 aromatic heterocycles. The fraction of sp³-hybridized carbons (Fsp3) is 0.350. The maximum absolute atomic E-state index is 9.90. The van der Waals surface area contributed by atoms with Gasteiger partial charge in [0.2, 0.25) is 5.95 Å². The van der Waals surface area contributed by atoms with Crippen molar-refractivity contribution in [3.05, 3.63) is 54.4 Å². The van der Waals surface area contributed by atoms with Crippen molar-refractivity contribution >= 4 is 22.7 Å². The van der Waals surface area contributed by atoms with Crippen molar-refractivity contribution in [2.24, 2.45) is 0 Å². The summed E-state index contributed by atoms with van der Waals surface area (Å²) in [6.07, 6.45) is 5.27. The van der Waals surface area contributed by atoms with Crippen LogP contribution in [-0.2, 0) is 6.54 Å². The molecule has 134 valence electrons. The molecule has 1 fully saturated rings. The highest BCUT2D eigenvalue weighted by Gasteiger charge is 2.19. The number of para-hydroxylation sites is 1. The van der Waals surface area contributed by atoms with Crippen LogP contribution >= 0.6 is 0 Å². The van der Waals surface area contributed by atoms with Gasteiger partial charge in [-0.3, -0.25) is 4.98 Å². The Morgan fingerprint density at radius 3 is 3.00 bits per heavy atom. The topological polar surface area (TPSA) is 65.4 Å². The van der Waals surface area contributed by atoms with Crippen LogP contribution in [0, 0.1) is 0 Å². The molecule has 0 bridgehead atoms. The zero-order chi connectivity index (χ0) is 17.9. The van der Waals surface area contributed by atoms with E-state index in [0.29, 0.717) is 19.0 Å². The Morgan fingerprint density at radius 1 is 1.23 bits per heavy atom. The molecule has 3 aromatic rings. The Balaban J connectivity index is 1.52. The molecule has 4 rings (SSSR count). The summed E-state index contributed by atoms with van der Waals surface area (Å²) in [4.78, 5) is 17.8. The van der Waals surface area contributed by atoms with E-state index in [2.05, 4.69) is 27.0 Å². The van der Waals surface area contributed by atoms with Gasteiger partial charge in [0.25, 0.3) is 0 Å². The fourth-order valence-electron chi connectivity index (χ4n) is 3.41. The van der Waals surface area contributed by atoms with Gasteiger partial charge in [-0.2, -0.15) is 4.98 Å². The smallest absolute Gasteiger partial charge is 0.227 e. The second kappa shape index (κ2) is 7.25. The molecule has 26 heavy (non-hydrogen) atoms. The number of piperidine rings is 1. The highest BCUT2D eigenvalue weighted by molar-refractivity contribution is 5.78. The molecule has 1 saturated heterocycles. The first-order valence-corrected chi connectivity index (χ1v) is 9.00.